The van der Waals surface area contributed by atoms with Crippen LogP contribution in [0.2, 0.25) is 0 Å². The second-order valence-electron chi connectivity index (χ2n) is 7.01. The van der Waals surface area contributed by atoms with E-state index in [0.717, 1.165) is 5.92 Å². The molecule has 1 atom stereocenters. The minimum absolute atomic E-state index is 0.0359. The number of likely N-dealkylation sites (tertiary alicyclic amines) is 1. The van der Waals surface area contributed by atoms with Crippen LogP contribution in [0.25, 0.3) is 0 Å². The van der Waals surface area contributed by atoms with Crippen molar-refractivity contribution in [3.8, 4) is 0 Å². The summed E-state index contributed by atoms with van der Waals surface area (Å²) < 4.78 is 0. The molecule has 0 aromatic heterocycles. The van der Waals surface area contributed by atoms with E-state index in [-0.39, 0.29) is 12.0 Å². The molecule has 1 saturated heterocycles. The second-order valence-corrected chi connectivity index (χ2v) is 7.01. The van der Waals surface area contributed by atoms with Crippen molar-refractivity contribution in [3.05, 3.63) is 23.8 Å². The van der Waals surface area contributed by atoms with Crippen LogP contribution in [0, 0.1) is 11.3 Å². The van der Waals surface area contributed by atoms with Crippen LogP contribution in [-0.4, -0.2) is 46.7 Å². The Hall–Kier alpha value is -1.62. The van der Waals surface area contributed by atoms with Gasteiger partial charge in [0.05, 0.1) is 5.41 Å². The average Bonchev–Trinajstić information content (AvgIpc) is 2.48. The van der Waals surface area contributed by atoms with Gasteiger partial charge in [0.15, 0.2) is 0 Å². The van der Waals surface area contributed by atoms with Crippen molar-refractivity contribution in [2.24, 2.45) is 11.3 Å². The predicted molar refractivity (Wildman–Crippen MR) is 90.3 cm³/mol. The highest BCUT2D eigenvalue weighted by Gasteiger charge is 2.34. The lowest BCUT2D eigenvalue weighted by Gasteiger charge is -2.27. The molecule has 0 aromatic carbocycles. The number of allylic oxidation sites excluding steroid dienone is 2. The number of carboxylic acids is 2. The predicted octanol–water partition coefficient (Wildman–Crippen LogP) is 3.18. The zero-order valence-electron chi connectivity index (χ0n) is 14.4. The number of aliphatic carboxylic acids is 2. The highest BCUT2D eigenvalue weighted by molar-refractivity contribution is 5.90. The first-order valence-electron chi connectivity index (χ1n) is 8.32. The van der Waals surface area contributed by atoms with E-state index in [1.165, 1.54) is 64.0 Å². The minimum atomic E-state index is -1.08. The lowest BCUT2D eigenvalue weighted by Crippen LogP contribution is -2.32. The van der Waals surface area contributed by atoms with Gasteiger partial charge in [-0.05, 0) is 45.2 Å². The molecule has 0 bridgehead atoms. The van der Waals surface area contributed by atoms with Gasteiger partial charge in [0, 0.05) is 12.1 Å². The van der Waals surface area contributed by atoms with Crippen molar-refractivity contribution in [3.63, 3.8) is 0 Å². The zero-order chi connectivity index (χ0) is 17.5. The van der Waals surface area contributed by atoms with Gasteiger partial charge < -0.3 is 15.1 Å². The fraction of sp³-hybridized carbons (Fsp3) is 0.667. The van der Waals surface area contributed by atoms with Crippen molar-refractivity contribution in [2.45, 2.75) is 46.5 Å². The largest absolute Gasteiger partial charge is 0.481 e. The summed E-state index contributed by atoms with van der Waals surface area (Å²) in [6.07, 6.45) is 8.73. The first kappa shape index (κ1) is 19.4. The van der Waals surface area contributed by atoms with E-state index in [2.05, 4.69) is 18.7 Å². The summed E-state index contributed by atoms with van der Waals surface area (Å²) in [4.78, 5) is 23.9. The number of piperidine rings is 1. The van der Waals surface area contributed by atoms with Gasteiger partial charge in [-0.3, -0.25) is 4.79 Å². The van der Waals surface area contributed by atoms with E-state index in [0.29, 0.717) is 0 Å². The molecule has 1 heterocycles. The third-order valence-electron chi connectivity index (χ3n) is 4.15. The van der Waals surface area contributed by atoms with Crippen LogP contribution in [0.4, 0.5) is 0 Å². The van der Waals surface area contributed by atoms with E-state index in [9.17, 15) is 9.59 Å². The number of nitrogens with zero attached hydrogens (tertiary/aromatic N) is 1. The monoisotopic (exact) mass is 323 g/mol. The Balaban J connectivity index is 0.000000238. The number of carboxylic acid groups (broad SMARTS) is 2. The lowest BCUT2D eigenvalue weighted by atomic mass is 9.80. The summed E-state index contributed by atoms with van der Waals surface area (Å²) in [5.74, 6) is -1.22. The molecule has 2 rings (SSSR count). The lowest BCUT2D eigenvalue weighted by molar-refractivity contribution is -0.145. The number of rotatable bonds is 4. The van der Waals surface area contributed by atoms with E-state index < -0.39 is 17.4 Å². The van der Waals surface area contributed by atoms with Crippen LogP contribution in [0.15, 0.2) is 23.8 Å². The maximum absolute atomic E-state index is 10.8. The highest BCUT2D eigenvalue weighted by atomic mass is 16.4. The molecule has 2 aliphatic rings. The Bertz CT molecular complexity index is 475. The van der Waals surface area contributed by atoms with Gasteiger partial charge in [-0.2, -0.15) is 0 Å². The van der Waals surface area contributed by atoms with E-state index in [4.69, 9.17) is 10.2 Å². The standard InChI is InChI=1S/C9H19N.C9H10O4/c1-9(2)8-10-6-4-3-5-7-10;1-9(8(12)13)4-2-3-6(5-9)7(10)11/h9H,3-8H2,1-2H3;2-4H,5H2,1H3,(H,10,11)(H,12,13). The van der Waals surface area contributed by atoms with Crippen LogP contribution in [0.5, 0.6) is 0 Å². The summed E-state index contributed by atoms with van der Waals surface area (Å²) in [5.41, 5.74) is -0.949. The fourth-order valence-corrected chi connectivity index (χ4v) is 2.84. The number of carbonyl (C=O) groups is 2. The number of hydrogen-bond donors (Lipinski definition) is 2. The molecular formula is C18H29NO4. The summed E-state index contributed by atoms with van der Waals surface area (Å²) >= 11 is 0. The molecule has 130 valence electrons. The Morgan fingerprint density at radius 1 is 1.22 bits per heavy atom. The topological polar surface area (TPSA) is 77.8 Å². The quantitative estimate of drug-likeness (QED) is 0.831. The molecule has 5 heteroatoms. The van der Waals surface area contributed by atoms with Crippen LogP contribution in [-0.2, 0) is 9.59 Å². The van der Waals surface area contributed by atoms with E-state index >= 15 is 0 Å². The molecule has 0 aromatic rings. The van der Waals surface area contributed by atoms with E-state index in [1.54, 1.807) is 0 Å². The maximum atomic E-state index is 10.8. The SMILES string of the molecule is CC(C)CN1CCCCC1.CC1(C(=O)O)C=CC=C(C(=O)O)C1. The Morgan fingerprint density at radius 2 is 1.83 bits per heavy atom. The van der Waals surface area contributed by atoms with Crippen molar-refractivity contribution in [1.29, 1.82) is 0 Å². The maximum Gasteiger partial charge on any atom is 0.331 e. The third kappa shape index (κ3) is 6.57. The molecular weight excluding hydrogens is 294 g/mol. The molecule has 1 unspecified atom stereocenters. The zero-order valence-corrected chi connectivity index (χ0v) is 14.4. The first-order chi connectivity index (χ1) is 10.7. The minimum Gasteiger partial charge on any atom is -0.481 e. The van der Waals surface area contributed by atoms with Gasteiger partial charge in [-0.1, -0.05) is 38.5 Å². The summed E-state index contributed by atoms with van der Waals surface area (Å²) in [6.45, 7) is 10.1. The molecule has 1 fully saturated rings. The molecule has 0 amide bonds. The van der Waals surface area contributed by atoms with Crippen molar-refractivity contribution in [1.82, 2.24) is 4.90 Å². The van der Waals surface area contributed by atoms with Gasteiger partial charge in [0.2, 0.25) is 0 Å². The first-order valence-corrected chi connectivity index (χ1v) is 8.32. The Labute approximate surface area is 138 Å². The average molecular weight is 323 g/mol. The summed E-state index contributed by atoms with van der Waals surface area (Å²) in [5, 5.41) is 17.5. The van der Waals surface area contributed by atoms with Gasteiger partial charge >= 0.3 is 11.9 Å². The third-order valence-corrected chi connectivity index (χ3v) is 4.15. The molecule has 23 heavy (non-hydrogen) atoms. The second kappa shape index (κ2) is 8.87. The van der Waals surface area contributed by atoms with Crippen LogP contribution in [0.1, 0.15) is 46.5 Å². The van der Waals surface area contributed by atoms with Crippen molar-refractivity contribution < 1.29 is 19.8 Å². The smallest absolute Gasteiger partial charge is 0.331 e. The Kier molecular flexibility index (Phi) is 7.49. The van der Waals surface area contributed by atoms with Crippen molar-refractivity contribution >= 4 is 11.9 Å². The van der Waals surface area contributed by atoms with Gasteiger partial charge in [0.25, 0.3) is 0 Å². The summed E-state index contributed by atoms with van der Waals surface area (Å²) in [7, 11) is 0. The molecule has 0 saturated carbocycles. The molecule has 1 aliphatic heterocycles. The van der Waals surface area contributed by atoms with Crippen LogP contribution < -0.4 is 0 Å². The van der Waals surface area contributed by atoms with Gasteiger partial charge in [-0.15, -0.1) is 0 Å². The van der Waals surface area contributed by atoms with Gasteiger partial charge in [-0.25, -0.2) is 4.79 Å². The van der Waals surface area contributed by atoms with Crippen LogP contribution in [0.3, 0.4) is 0 Å². The molecule has 0 spiro atoms. The highest BCUT2D eigenvalue weighted by Crippen LogP contribution is 2.31. The normalized spacial score (nSPS) is 24.6. The molecule has 2 N–H and O–H groups in total. The Morgan fingerprint density at radius 3 is 2.30 bits per heavy atom. The molecule has 0 radical (unpaired) electrons. The van der Waals surface area contributed by atoms with Crippen LogP contribution >= 0.6 is 0 Å². The molecule has 1 aliphatic carbocycles. The molecule has 5 nitrogen and oxygen atoms in total. The van der Waals surface area contributed by atoms with Gasteiger partial charge in [0.1, 0.15) is 0 Å². The number of hydrogen-bond acceptors (Lipinski definition) is 3. The van der Waals surface area contributed by atoms with E-state index in [1.807, 2.05) is 0 Å². The summed E-state index contributed by atoms with van der Waals surface area (Å²) in [6, 6.07) is 0. The fourth-order valence-electron chi connectivity index (χ4n) is 2.84. The van der Waals surface area contributed by atoms with Crippen molar-refractivity contribution in [2.75, 3.05) is 19.6 Å².